The summed E-state index contributed by atoms with van der Waals surface area (Å²) in [5.74, 6) is 1.04. The Balaban J connectivity index is 1.50. The van der Waals surface area contributed by atoms with Gasteiger partial charge in [0.25, 0.3) is 0 Å². The van der Waals surface area contributed by atoms with Gasteiger partial charge in [0.2, 0.25) is 5.91 Å². The molecule has 0 radical (unpaired) electrons. The number of nitrogens with zero attached hydrogens (tertiary/aromatic N) is 1. The number of aromatic hydroxyl groups is 1. The number of phenolic OH excluding ortho intramolecular Hbond substituents is 1. The highest BCUT2D eigenvalue weighted by Crippen LogP contribution is 2.31. The van der Waals surface area contributed by atoms with E-state index in [1.807, 2.05) is 35.4 Å². The van der Waals surface area contributed by atoms with Crippen LogP contribution < -0.4 is 4.74 Å². The van der Waals surface area contributed by atoms with Gasteiger partial charge in [0.1, 0.15) is 11.5 Å². The highest BCUT2D eigenvalue weighted by Gasteiger charge is 2.20. The number of hydrogen-bond acceptors (Lipinski definition) is 3. The molecule has 1 aromatic heterocycles. The maximum absolute atomic E-state index is 12.6. The molecule has 0 bridgehead atoms. The van der Waals surface area contributed by atoms with Gasteiger partial charge in [-0.05, 0) is 36.3 Å². The van der Waals surface area contributed by atoms with E-state index in [4.69, 9.17) is 4.74 Å². The van der Waals surface area contributed by atoms with Crippen molar-refractivity contribution in [3.63, 3.8) is 0 Å². The fourth-order valence-corrected chi connectivity index (χ4v) is 3.57. The normalized spacial score (nSPS) is 14.3. The number of aromatic amines is 1. The second-order valence-electron chi connectivity index (χ2n) is 6.74. The molecule has 0 aliphatic carbocycles. The summed E-state index contributed by atoms with van der Waals surface area (Å²) in [4.78, 5) is 17.7. The number of nitrogens with one attached hydrogen (secondary N) is 1. The Morgan fingerprint density at radius 2 is 2.11 bits per heavy atom. The molecule has 0 saturated carbocycles. The maximum atomic E-state index is 12.6. The monoisotopic (exact) mass is 362 g/mol. The Kier molecular flexibility index (Phi) is 4.59. The van der Waals surface area contributed by atoms with E-state index in [2.05, 4.69) is 11.1 Å². The van der Waals surface area contributed by atoms with Gasteiger partial charge < -0.3 is 19.7 Å². The van der Waals surface area contributed by atoms with Crippen LogP contribution in [0.4, 0.5) is 0 Å². The van der Waals surface area contributed by atoms with Gasteiger partial charge in [0, 0.05) is 41.3 Å². The smallest absolute Gasteiger partial charge is 0.227 e. The molecule has 2 aromatic carbocycles. The number of rotatable bonds is 4. The lowest BCUT2D eigenvalue weighted by atomic mass is 9.98. The Morgan fingerprint density at radius 3 is 2.85 bits per heavy atom. The number of carbonyl (C=O) groups is 1. The predicted octanol–water partition coefficient (Wildman–Crippen LogP) is 3.74. The van der Waals surface area contributed by atoms with Crippen molar-refractivity contribution in [2.45, 2.75) is 12.8 Å². The molecule has 5 nitrogen and oxygen atoms in total. The van der Waals surface area contributed by atoms with E-state index >= 15 is 0 Å². The summed E-state index contributed by atoms with van der Waals surface area (Å²) in [6.45, 7) is 1.26. The first-order valence-corrected chi connectivity index (χ1v) is 9.05. The van der Waals surface area contributed by atoms with Gasteiger partial charge in [0.15, 0.2) is 0 Å². The molecule has 0 fully saturated rings. The zero-order valence-electron chi connectivity index (χ0n) is 15.2. The second kappa shape index (κ2) is 7.19. The number of methoxy groups -OCH3 is 1. The lowest BCUT2D eigenvalue weighted by Crippen LogP contribution is -2.35. The molecule has 1 aliphatic heterocycles. The standard InChI is InChI=1S/C22H22N2O3/c1-27-17-6-7-20-18(13-17)19(14-23-20)15-8-10-24(11-9-15)22(26)12-16-4-2-3-5-21(16)25/h2-8,13-14,23,25H,9-12H2,1H3. The van der Waals surface area contributed by atoms with Crippen LogP contribution in [0, 0.1) is 0 Å². The van der Waals surface area contributed by atoms with Crippen molar-refractivity contribution in [1.82, 2.24) is 9.88 Å². The Bertz CT molecular complexity index is 1020. The summed E-state index contributed by atoms with van der Waals surface area (Å²) >= 11 is 0. The van der Waals surface area contributed by atoms with E-state index in [0.717, 1.165) is 28.6 Å². The SMILES string of the molecule is COc1ccc2[nH]cc(C3=CCN(C(=O)Cc4ccccc4O)CC3)c2c1. The molecule has 138 valence electrons. The minimum absolute atomic E-state index is 0.0346. The first-order chi connectivity index (χ1) is 13.2. The first kappa shape index (κ1) is 17.2. The van der Waals surface area contributed by atoms with Crippen LogP contribution in [0.5, 0.6) is 11.5 Å². The number of phenols is 1. The van der Waals surface area contributed by atoms with E-state index < -0.39 is 0 Å². The number of aromatic nitrogens is 1. The minimum Gasteiger partial charge on any atom is -0.508 e. The molecular formula is C22H22N2O3. The van der Waals surface area contributed by atoms with Gasteiger partial charge in [0.05, 0.1) is 13.5 Å². The highest BCUT2D eigenvalue weighted by molar-refractivity contribution is 5.94. The zero-order valence-corrected chi connectivity index (χ0v) is 15.2. The number of para-hydroxylation sites is 1. The molecule has 3 aromatic rings. The molecule has 2 N–H and O–H groups in total. The molecule has 0 unspecified atom stereocenters. The fraction of sp³-hybridized carbons (Fsp3) is 0.227. The average molecular weight is 362 g/mol. The summed E-state index contributed by atoms with van der Waals surface area (Å²) in [5.41, 5.74) is 4.14. The summed E-state index contributed by atoms with van der Waals surface area (Å²) in [6.07, 6.45) is 5.17. The van der Waals surface area contributed by atoms with E-state index in [9.17, 15) is 9.90 Å². The van der Waals surface area contributed by atoms with Crippen molar-refractivity contribution in [2.75, 3.05) is 20.2 Å². The summed E-state index contributed by atoms with van der Waals surface area (Å²) in [7, 11) is 1.67. The molecular weight excluding hydrogens is 340 g/mol. The molecule has 0 atom stereocenters. The molecule has 1 aliphatic rings. The second-order valence-corrected chi connectivity index (χ2v) is 6.74. The van der Waals surface area contributed by atoms with Crippen LogP contribution in [0.2, 0.25) is 0 Å². The number of carbonyl (C=O) groups excluding carboxylic acids is 1. The van der Waals surface area contributed by atoms with Crippen molar-refractivity contribution in [2.24, 2.45) is 0 Å². The van der Waals surface area contributed by atoms with Crippen LogP contribution in [-0.2, 0) is 11.2 Å². The van der Waals surface area contributed by atoms with Crippen LogP contribution >= 0.6 is 0 Å². The molecule has 0 saturated heterocycles. The van der Waals surface area contributed by atoms with Gasteiger partial charge in [-0.15, -0.1) is 0 Å². The van der Waals surface area contributed by atoms with Crippen LogP contribution in [0.1, 0.15) is 17.5 Å². The van der Waals surface area contributed by atoms with E-state index in [1.165, 1.54) is 5.57 Å². The fourth-order valence-electron chi connectivity index (χ4n) is 3.57. The lowest BCUT2D eigenvalue weighted by Gasteiger charge is -2.26. The van der Waals surface area contributed by atoms with Gasteiger partial charge >= 0.3 is 0 Å². The number of benzene rings is 2. The number of hydrogen-bond donors (Lipinski definition) is 2. The highest BCUT2D eigenvalue weighted by atomic mass is 16.5. The molecule has 1 amide bonds. The predicted molar refractivity (Wildman–Crippen MR) is 106 cm³/mol. The number of H-pyrrole nitrogens is 1. The van der Waals surface area contributed by atoms with Crippen LogP contribution in [0.25, 0.3) is 16.5 Å². The van der Waals surface area contributed by atoms with E-state index in [0.29, 0.717) is 18.7 Å². The van der Waals surface area contributed by atoms with Gasteiger partial charge in [-0.1, -0.05) is 24.3 Å². The van der Waals surface area contributed by atoms with E-state index in [-0.39, 0.29) is 18.1 Å². The topological polar surface area (TPSA) is 65.6 Å². The zero-order chi connectivity index (χ0) is 18.8. The molecule has 5 heteroatoms. The summed E-state index contributed by atoms with van der Waals surface area (Å²) in [5, 5.41) is 11.0. The third-order valence-electron chi connectivity index (χ3n) is 5.13. The molecule has 0 spiro atoms. The molecule has 27 heavy (non-hydrogen) atoms. The lowest BCUT2D eigenvalue weighted by molar-refractivity contribution is -0.130. The third kappa shape index (κ3) is 3.40. The Morgan fingerprint density at radius 1 is 1.26 bits per heavy atom. The summed E-state index contributed by atoms with van der Waals surface area (Å²) in [6, 6.07) is 13.0. The third-order valence-corrected chi connectivity index (χ3v) is 5.13. The van der Waals surface area contributed by atoms with Crippen LogP contribution in [-0.4, -0.2) is 41.1 Å². The number of ether oxygens (including phenoxy) is 1. The van der Waals surface area contributed by atoms with Gasteiger partial charge in [-0.25, -0.2) is 0 Å². The number of fused-ring (bicyclic) bond motifs is 1. The van der Waals surface area contributed by atoms with Crippen molar-refractivity contribution in [1.29, 1.82) is 0 Å². The van der Waals surface area contributed by atoms with Gasteiger partial charge in [-0.2, -0.15) is 0 Å². The average Bonchev–Trinajstić information content (AvgIpc) is 3.13. The van der Waals surface area contributed by atoms with Crippen LogP contribution in [0.15, 0.2) is 54.7 Å². The first-order valence-electron chi connectivity index (χ1n) is 9.05. The van der Waals surface area contributed by atoms with Crippen molar-refractivity contribution < 1.29 is 14.6 Å². The van der Waals surface area contributed by atoms with Crippen molar-refractivity contribution in [3.05, 3.63) is 65.9 Å². The molecule has 4 rings (SSSR count). The molecule has 2 heterocycles. The van der Waals surface area contributed by atoms with E-state index in [1.54, 1.807) is 25.3 Å². The summed E-state index contributed by atoms with van der Waals surface area (Å²) < 4.78 is 5.34. The van der Waals surface area contributed by atoms with Gasteiger partial charge in [-0.3, -0.25) is 4.79 Å². The quantitative estimate of drug-likeness (QED) is 0.743. The van der Waals surface area contributed by atoms with Crippen molar-refractivity contribution in [3.8, 4) is 11.5 Å². The van der Waals surface area contributed by atoms with Crippen molar-refractivity contribution >= 4 is 22.4 Å². The minimum atomic E-state index is 0.0346. The maximum Gasteiger partial charge on any atom is 0.227 e. The number of amides is 1. The van der Waals surface area contributed by atoms with Crippen LogP contribution in [0.3, 0.4) is 0 Å². The Labute approximate surface area is 157 Å². The Hall–Kier alpha value is -3.21. The largest absolute Gasteiger partial charge is 0.508 e.